The van der Waals surface area contributed by atoms with E-state index in [1.165, 1.54) is 5.57 Å². The lowest BCUT2D eigenvalue weighted by Crippen LogP contribution is -2.31. The summed E-state index contributed by atoms with van der Waals surface area (Å²) in [5.41, 5.74) is 1.46. The summed E-state index contributed by atoms with van der Waals surface area (Å²) < 4.78 is 5.11. The molecule has 0 aromatic heterocycles. The van der Waals surface area contributed by atoms with Crippen LogP contribution in [0.15, 0.2) is 11.6 Å². The number of carbonyl (C=O) groups excluding carboxylic acids is 1. The zero-order chi connectivity index (χ0) is 10.8. The summed E-state index contributed by atoms with van der Waals surface area (Å²) in [5, 5.41) is 0. The van der Waals surface area contributed by atoms with E-state index in [0.717, 1.165) is 19.3 Å². The second kappa shape index (κ2) is 3.76. The summed E-state index contributed by atoms with van der Waals surface area (Å²) in [6, 6.07) is 0. The van der Waals surface area contributed by atoms with Gasteiger partial charge in [-0.25, -0.2) is 0 Å². The molecule has 1 atom stereocenters. The summed E-state index contributed by atoms with van der Waals surface area (Å²) >= 11 is 0. The highest BCUT2D eigenvalue weighted by Gasteiger charge is 2.31. The summed E-state index contributed by atoms with van der Waals surface area (Å²) in [7, 11) is 0. The molecule has 0 fully saturated rings. The van der Waals surface area contributed by atoms with E-state index in [1.807, 2.05) is 6.92 Å². The van der Waals surface area contributed by atoms with Crippen LogP contribution in [0.5, 0.6) is 0 Å². The molecule has 0 aromatic carbocycles. The van der Waals surface area contributed by atoms with Gasteiger partial charge in [0.15, 0.2) is 0 Å². The molecule has 0 spiro atoms. The van der Waals surface area contributed by atoms with Gasteiger partial charge in [0.1, 0.15) is 5.60 Å². The molecule has 2 heteroatoms. The van der Waals surface area contributed by atoms with Crippen molar-refractivity contribution in [2.45, 2.75) is 52.6 Å². The van der Waals surface area contributed by atoms with E-state index in [-0.39, 0.29) is 11.0 Å². The van der Waals surface area contributed by atoms with Crippen molar-refractivity contribution in [3.05, 3.63) is 11.6 Å². The Labute approximate surface area is 86.3 Å². The van der Waals surface area contributed by atoms with E-state index in [2.05, 4.69) is 26.8 Å². The van der Waals surface area contributed by atoms with Crippen LogP contribution < -0.4 is 0 Å². The maximum absolute atomic E-state index is 10.3. The SMILES string of the molecule is CC(C)(C)C1=CC[C@](C)(OC=O)CC1. The van der Waals surface area contributed by atoms with Crippen molar-refractivity contribution in [2.75, 3.05) is 0 Å². The molecule has 0 bridgehead atoms. The summed E-state index contributed by atoms with van der Waals surface area (Å²) in [6.45, 7) is 9.24. The van der Waals surface area contributed by atoms with Gasteiger partial charge >= 0.3 is 0 Å². The lowest BCUT2D eigenvalue weighted by molar-refractivity contribution is -0.142. The fourth-order valence-electron chi connectivity index (χ4n) is 1.85. The van der Waals surface area contributed by atoms with Crippen LogP contribution in [-0.2, 0) is 9.53 Å². The van der Waals surface area contributed by atoms with Crippen molar-refractivity contribution in [1.82, 2.24) is 0 Å². The molecule has 0 heterocycles. The molecule has 80 valence electrons. The van der Waals surface area contributed by atoms with Crippen LogP contribution >= 0.6 is 0 Å². The predicted octanol–water partition coefficient (Wildman–Crippen LogP) is 3.07. The molecule has 1 aliphatic rings. The highest BCUT2D eigenvalue weighted by Crippen LogP contribution is 2.37. The highest BCUT2D eigenvalue weighted by atomic mass is 16.5. The maximum Gasteiger partial charge on any atom is 0.293 e. The Bertz CT molecular complexity index is 248. The van der Waals surface area contributed by atoms with E-state index in [9.17, 15) is 4.79 Å². The van der Waals surface area contributed by atoms with Gasteiger partial charge in [0.2, 0.25) is 0 Å². The Morgan fingerprint density at radius 1 is 1.50 bits per heavy atom. The second-order valence-corrected chi connectivity index (χ2v) is 5.35. The Kier molecular flexibility index (Phi) is 3.03. The van der Waals surface area contributed by atoms with Crippen LogP contribution in [0.4, 0.5) is 0 Å². The average molecular weight is 196 g/mol. The predicted molar refractivity (Wildman–Crippen MR) is 56.9 cm³/mol. The van der Waals surface area contributed by atoms with Gasteiger partial charge in [-0.2, -0.15) is 0 Å². The Hall–Kier alpha value is -0.790. The summed E-state index contributed by atoms with van der Waals surface area (Å²) in [5.74, 6) is 0. The molecular weight excluding hydrogens is 176 g/mol. The van der Waals surface area contributed by atoms with Gasteiger partial charge in [0.25, 0.3) is 6.47 Å². The second-order valence-electron chi connectivity index (χ2n) is 5.35. The molecule has 0 radical (unpaired) electrons. The molecule has 0 aliphatic heterocycles. The minimum Gasteiger partial charge on any atom is -0.461 e. The normalized spacial score (nSPS) is 28.1. The van der Waals surface area contributed by atoms with Crippen molar-refractivity contribution in [3.63, 3.8) is 0 Å². The topological polar surface area (TPSA) is 26.3 Å². The van der Waals surface area contributed by atoms with Crippen molar-refractivity contribution >= 4 is 6.47 Å². The monoisotopic (exact) mass is 196 g/mol. The third-order valence-electron chi connectivity index (χ3n) is 3.00. The lowest BCUT2D eigenvalue weighted by Gasteiger charge is -2.35. The molecule has 14 heavy (non-hydrogen) atoms. The van der Waals surface area contributed by atoms with Crippen LogP contribution in [0.3, 0.4) is 0 Å². The molecule has 1 rings (SSSR count). The minimum atomic E-state index is -0.267. The number of hydrogen-bond donors (Lipinski definition) is 0. The lowest BCUT2D eigenvalue weighted by atomic mass is 9.76. The molecule has 0 unspecified atom stereocenters. The molecule has 0 saturated carbocycles. The standard InChI is InChI=1S/C12H20O2/c1-11(2,3)10-5-7-12(4,8-6-10)14-9-13/h5,9H,6-8H2,1-4H3/t12-/m0/s1. The Morgan fingerprint density at radius 2 is 2.14 bits per heavy atom. The first-order valence-electron chi connectivity index (χ1n) is 5.18. The number of hydrogen-bond acceptors (Lipinski definition) is 2. The van der Waals surface area contributed by atoms with Crippen molar-refractivity contribution in [2.24, 2.45) is 5.41 Å². The number of carbonyl (C=O) groups is 1. The smallest absolute Gasteiger partial charge is 0.293 e. The summed E-state index contributed by atoms with van der Waals surface area (Å²) in [4.78, 5) is 10.3. The first-order chi connectivity index (χ1) is 6.37. The van der Waals surface area contributed by atoms with Crippen molar-refractivity contribution < 1.29 is 9.53 Å². The van der Waals surface area contributed by atoms with Gasteiger partial charge in [0, 0.05) is 6.42 Å². The first-order valence-corrected chi connectivity index (χ1v) is 5.18. The van der Waals surface area contributed by atoms with Crippen LogP contribution in [-0.4, -0.2) is 12.1 Å². The third kappa shape index (κ3) is 2.60. The van der Waals surface area contributed by atoms with E-state index >= 15 is 0 Å². The van der Waals surface area contributed by atoms with Crippen molar-refractivity contribution in [1.29, 1.82) is 0 Å². The number of rotatable bonds is 2. The van der Waals surface area contributed by atoms with Crippen LogP contribution in [0, 0.1) is 5.41 Å². The van der Waals surface area contributed by atoms with E-state index in [1.54, 1.807) is 0 Å². The molecule has 0 N–H and O–H groups in total. The van der Waals surface area contributed by atoms with Gasteiger partial charge in [-0.3, -0.25) is 4.79 Å². The molecule has 0 saturated heterocycles. The maximum atomic E-state index is 10.3. The van der Waals surface area contributed by atoms with Gasteiger partial charge in [-0.05, 0) is 25.2 Å². The molecule has 1 aliphatic carbocycles. The van der Waals surface area contributed by atoms with E-state index < -0.39 is 0 Å². The largest absolute Gasteiger partial charge is 0.461 e. The van der Waals surface area contributed by atoms with E-state index in [4.69, 9.17) is 4.74 Å². The van der Waals surface area contributed by atoms with Gasteiger partial charge < -0.3 is 4.74 Å². The fraction of sp³-hybridized carbons (Fsp3) is 0.750. The zero-order valence-corrected chi connectivity index (χ0v) is 9.59. The number of ether oxygens (including phenoxy) is 1. The Balaban J connectivity index is 2.68. The zero-order valence-electron chi connectivity index (χ0n) is 9.59. The third-order valence-corrected chi connectivity index (χ3v) is 3.00. The number of allylic oxidation sites excluding steroid dienone is 1. The molecular formula is C12H20O2. The molecule has 0 aromatic rings. The van der Waals surface area contributed by atoms with Gasteiger partial charge in [-0.1, -0.05) is 32.4 Å². The van der Waals surface area contributed by atoms with Crippen LogP contribution in [0.2, 0.25) is 0 Å². The molecule has 2 nitrogen and oxygen atoms in total. The van der Waals surface area contributed by atoms with Crippen molar-refractivity contribution in [3.8, 4) is 0 Å². The molecule has 0 amide bonds. The fourth-order valence-corrected chi connectivity index (χ4v) is 1.85. The average Bonchev–Trinajstić information content (AvgIpc) is 2.03. The van der Waals surface area contributed by atoms with Gasteiger partial charge in [-0.15, -0.1) is 0 Å². The first kappa shape index (κ1) is 11.3. The van der Waals surface area contributed by atoms with Crippen LogP contribution in [0.1, 0.15) is 47.0 Å². The minimum absolute atomic E-state index is 0.252. The quantitative estimate of drug-likeness (QED) is 0.501. The van der Waals surface area contributed by atoms with Crippen LogP contribution in [0.25, 0.3) is 0 Å². The highest BCUT2D eigenvalue weighted by molar-refractivity contribution is 5.38. The Morgan fingerprint density at radius 3 is 2.50 bits per heavy atom. The summed E-state index contributed by atoms with van der Waals surface area (Å²) in [6.07, 6.45) is 5.05. The van der Waals surface area contributed by atoms with E-state index in [0.29, 0.717) is 6.47 Å². The van der Waals surface area contributed by atoms with Gasteiger partial charge in [0.05, 0.1) is 0 Å².